The Morgan fingerprint density at radius 2 is 1.83 bits per heavy atom. The highest BCUT2D eigenvalue weighted by Crippen LogP contribution is 2.23. The Hall–Kier alpha value is -0.990. The summed E-state index contributed by atoms with van der Waals surface area (Å²) in [7, 11) is 0. The van der Waals surface area contributed by atoms with Crippen LogP contribution in [0.3, 0.4) is 0 Å². The molecule has 0 aliphatic carbocycles. The van der Waals surface area contributed by atoms with Crippen LogP contribution in [0.1, 0.15) is 16.7 Å². The van der Waals surface area contributed by atoms with Gasteiger partial charge in [-0.05, 0) is 30.7 Å². The van der Waals surface area contributed by atoms with Crippen molar-refractivity contribution in [2.75, 3.05) is 0 Å². The average molecular weight is 326 g/mol. The maximum Gasteiger partial charge on any atom is 0.124 e. The van der Waals surface area contributed by atoms with Crippen molar-refractivity contribution in [3.63, 3.8) is 0 Å². The van der Waals surface area contributed by atoms with E-state index >= 15 is 0 Å². The second kappa shape index (κ2) is 6.26. The van der Waals surface area contributed by atoms with Gasteiger partial charge < -0.3 is 4.74 Å². The average Bonchev–Trinajstić information content (AvgIpc) is 2.39. The molecular weight excluding hydrogens is 312 g/mol. The number of benzene rings is 2. The number of aryl methyl sites for hydroxylation is 1. The summed E-state index contributed by atoms with van der Waals surface area (Å²) in [6.45, 7) is 2.61. The number of alkyl halides is 1. The number of halogens is 2. The van der Waals surface area contributed by atoms with E-state index in [4.69, 9.17) is 16.3 Å². The van der Waals surface area contributed by atoms with E-state index in [1.807, 2.05) is 36.4 Å². The van der Waals surface area contributed by atoms with Gasteiger partial charge in [0.1, 0.15) is 12.4 Å². The van der Waals surface area contributed by atoms with Crippen LogP contribution in [0.4, 0.5) is 0 Å². The summed E-state index contributed by atoms with van der Waals surface area (Å²) >= 11 is 9.33. The number of hydrogen-bond donors (Lipinski definition) is 0. The lowest BCUT2D eigenvalue weighted by atomic mass is 10.1. The van der Waals surface area contributed by atoms with Gasteiger partial charge >= 0.3 is 0 Å². The molecule has 0 heterocycles. The van der Waals surface area contributed by atoms with E-state index < -0.39 is 0 Å². The van der Waals surface area contributed by atoms with Crippen molar-refractivity contribution in [1.82, 2.24) is 0 Å². The van der Waals surface area contributed by atoms with Crippen LogP contribution in [0.15, 0.2) is 46.9 Å². The predicted molar refractivity (Wildman–Crippen MR) is 79.2 cm³/mol. The van der Waals surface area contributed by atoms with Crippen molar-refractivity contribution >= 4 is 27.5 Å². The first-order valence-corrected chi connectivity index (χ1v) is 7.04. The molecule has 0 radical (unpaired) electrons. The zero-order chi connectivity index (χ0) is 13.0. The molecule has 1 nitrogen and oxygen atoms in total. The molecule has 2 aromatic carbocycles. The second-order valence-electron chi connectivity index (χ2n) is 4.16. The molecule has 0 fully saturated rings. The molecule has 2 aromatic rings. The van der Waals surface area contributed by atoms with Crippen molar-refractivity contribution in [2.45, 2.75) is 19.4 Å². The zero-order valence-electron chi connectivity index (χ0n) is 10.1. The van der Waals surface area contributed by atoms with Gasteiger partial charge in [0, 0.05) is 10.0 Å². The first-order valence-electron chi connectivity index (χ1n) is 5.72. The molecule has 0 aliphatic heterocycles. The third kappa shape index (κ3) is 3.50. The summed E-state index contributed by atoms with van der Waals surface area (Å²) in [5.41, 5.74) is 3.37. The van der Waals surface area contributed by atoms with Crippen LogP contribution < -0.4 is 4.74 Å². The molecular formula is C15H14BrClO. The summed E-state index contributed by atoms with van der Waals surface area (Å²) in [6, 6.07) is 14.2. The zero-order valence-corrected chi connectivity index (χ0v) is 12.5. The van der Waals surface area contributed by atoms with Crippen molar-refractivity contribution in [2.24, 2.45) is 0 Å². The third-order valence-electron chi connectivity index (χ3n) is 2.67. The number of ether oxygens (including phenoxy) is 1. The highest BCUT2D eigenvalue weighted by atomic mass is 79.9. The van der Waals surface area contributed by atoms with E-state index in [9.17, 15) is 0 Å². The molecule has 3 heteroatoms. The molecule has 0 aliphatic rings. The van der Waals surface area contributed by atoms with Gasteiger partial charge in [0.05, 0.1) is 5.88 Å². The fraction of sp³-hybridized carbons (Fsp3) is 0.200. The summed E-state index contributed by atoms with van der Waals surface area (Å²) in [4.78, 5) is 0. The molecule has 0 atom stereocenters. The highest BCUT2D eigenvalue weighted by Gasteiger charge is 2.03. The van der Waals surface area contributed by atoms with Crippen molar-refractivity contribution in [3.8, 4) is 5.75 Å². The molecule has 2 rings (SSSR count). The van der Waals surface area contributed by atoms with Crippen LogP contribution in [0.2, 0.25) is 0 Å². The topological polar surface area (TPSA) is 9.23 Å². The molecule has 0 saturated carbocycles. The molecule has 0 bridgehead atoms. The van der Waals surface area contributed by atoms with E-state index in [0.29, 0.717) is 12.5 Å². The minimum absolute atomic E-state index is 0.470. The monoisotopic (exact) mass is 324 g/mol. The lowest BCUT2D eigenvalue weighted by molar-refractivity contribution is 0.304. The van der Waals surface area contributed by atoms with Crippen LogP contribution in [0.25, 0.3) is 0 Å². The van der Waals surface area contributed by atoms with E-state index in [-0.39, 0.29) is 0 Å². The van der Waals surface area contributed by atoms with Crippen LogP contribution >= 0.6 is 27.5 Å². The number of hydrogen-bond acceptors (Lipinski definition) is 1. The normalized spacial score (nSPS) is 10.4. The van der Waals surface area contributed by atoms with Crippen LogP contribution in [0.5, 0.6) is 5.75 Å². The van der Waals surface area contributed by atoms with Crippen LogP contribution in [0, 0.1) is 6.92 Å². The Kier molecular flexibility index (Phi) is 4.67. The largest absolute Gasteiger partial charge is 0.489 e. The maximum absolute atomic E-state index is 5.92. The fourth-order valence-corrected chi connectivity index (χ4v) is 2.17. The lowest BCUT2D eigenvalue weighted by Crippen LogP contribution is -1.98. The molecule has 0 saturated heterocycles. The van der Waals surface area contributed by atoms with Gasteiger partial charge in [0.2, 0.25) is 0 Å². The van der Waals surface area contributed by atoms with E-state index in [1.165, 1.54) is 5.56 Å². The molecule has 0 unspecified atom stereocenters. The van der Waals surface area contributed by atoms with Crippen molar-refractivity contribution in [1.29, 1.82) is 0 Å². The van der Waals surface area contributed by atoms with Crippen LogP contribution in [-0.2, 0) is 12.5 Å². The Morgan fingerprint density at radius 3 is 2.50 bits per heavy atom. The van der Waals surface area contributed by atoms with Crippen molar-refractivity contribution in [3.05, 3.63) is 63.6 Å². The number of rotatable bonds is 4. The highest BCUT2D eigenvalue weighted by molar-refractivity contribution is 9.10. The molecule has 18 heavy (non-hydrogen) atoms. The molecule has 0 amide bonds. The summed E-state index contributed by atoms with van der Waals surface area (Å²) in [6.07, 6.45) is 0. The van der Waals surface area contributed by atoms with Gasteiger partial charge in [-0.15, -0.1) is 11.6 Å². The Labute approximate surface area is 121 Å². The van der Waals surface area contributed by atoms with Gasteiger partial charge in [-0.2, -0.15) is 0 Å². The summed E-state index contributed by atoms with van der Waals surface area (Å²) < 4.78 is 6.88. The predicted octanol–water partition coefficient (Wildman–Crippen LogP) is 5.08. The minimum atomic E-state index is 0.470. The Balaban J connectivity index is 2.08. The van der Waals surface area contributed by atoms with E-state index in [0.717, 1.165) is 21.3 Å². The van der Waals surface area contributed by atoms with Gasteiger partial charge in [-0.1, -0.05) is 45.8 Å². The van der Waals surface area contributed by atoms with Crippen LogP contribution in [-0.4, -0.2) is 0 Å². The molecule has 0 spiro atoms. The Morgan fingerprint density at radius 1 is 1.11 bits per heavy atom. The molecule has 0 N–H and O–H groups in total. The maximum atomic E-state index is 5.92. The minimum Gasteiger partial charge on any atom is -0.489 e. The van der Waals surface area contributed by atoms with E-state index in [1.54, 1.807) is 0 Å². The quantitative estimate of drug-likeness (QED) is 0.713. The second-order valence-corrected chi connectivity index (χ2v) is 5.34. The van der Waals surface area contributed by atoms with Gasteiger partial charge in [-0.3, -0.25) is 0 Å². The van der Waals surface area contributed by atoms with Gasteiger partial charge in [-0.25, -0.2) is 0 Å². The molecule has 94 valence electrons. The van der Waals surface area contributed by atoms with Crippen molar-refractivity contribution < 1.29 is 4.74 Å². The third-order valence-corrected chi connectivity index (χ3v) is 3.48. The van der Waals surface area contributed by atoms with Gasteiger partial charge in [0.25, 0.3) is 0 Å². The van der Waals surface area contributed by atoms with Gasteiger partial charge in [0.15, 0.2) is 0 Å². The summed E-state index contributed by atoms with van der Waals surface area (Å²) in [5, 5.41) is 0. The fourth-order valence-electron chi connectivity index (χ4n) is 1.70. The first-order chi connectivity index (χ1) is 8.69. The molecule has 0 aromatic heterocycles. The standard InChI is InChI=1S/C15H14BrClO/c1-11-2-7-15(13(8-11)9-17)18-10-12-3-5-14(16)6-4-12/h2-8H,9-10H2,1H3. The lowest BCUT2D eigenvalue weighted by Gasteiger charge is -2.10. The SMILES string of the molecule is Cc1ccc(OCc2ccc(Br)cc2)c(CCl)c1. The smallest absolute Gasteiger partial charge is 0.124 e. The summed E-state index contributed by atoms with van der Waals surface area (Å²) in [5.74, 6) is 1.33. The Bertz CT molecular complexity index is 523. The van der Waals surface area contributed by atoms with E-state index in [2.05, 4.69) is 28.9 Å². The first kappa shape index (κ1) is 13.4.